The average Bonchev–Trinajstić information content (AvgIpc) is 3.00. The number of aliphatic imine (C=N–C) groups is 1. The maximum Gasteiger partial charge on any atom is 0.326 e. The van der Waals surface area contributed by atoms with Crippen molar-refractivity contribution in [3.05, 3.63) is 0 Å². The number of carboxylic acids is 1. The van der Waals surface area contributed by atoms with Crippen molar-refractivity contribution < 1.29 is 43.5 Å². The molecule has 0 aliphatic rings. The molecule has 0 heterocycles. The van der Waals surface area contributed by atoms with E-state index in [1.165, 1.54) is 0 Å². The number of hydrogen-bond donors (Lipinski definition) is 12. The van der Waals surface area contributed by atoms with Gasteiger partial charge in [-0.3, -0.25) is 38.6 Å². The lowest BCUT2D eigenvalue weighted by atomic mass is 10.0. The maximum absolute atomic E-state index is 13.3. The first-order chi connectivity index (χ1) is 23.2. The summed E-state index contributed by atoms with van der Waals surface area (Å²) >= 11 is 4.15. The molecule has 16 N–H and O–H groups in total. The van der Waals surface area contributed by atoms with Crippen LogP contribution in [0.1, 0.15) is 66.2 Å². The molecular weight excluding hydrogens is 678 g/mol. The van der Waals surface area contributed by atoms with Gasteiger partial charge in [-0.15, -0.1) is 0 Å². The molecule has 7 amide bonds. The molecule has 0 aromatic carbocycles. The summed E-state index contributed by atoms with van der Waals surface area (Å²) in [5.74, 6) is -8.38. The van der Waals surface area contributed by atoms with Gasteiger partial charge in [-0.1, -0.05) is 27.7 Å². The highest BCUT2D eigenvalue weighted by atomic mass is 32.1. The van der Waals surface area contributed by atoms with Crippen LogP contribution in [-0.4, -0.2) is 107 Å². The van der Waals surface area contributed by atoms with E-state index in [2.05, 4.69) is 44.2 Å². The normalized spacial score (nSPS) is 14.6. The topological polar surface area (TPSA) is 359 Å². The second-order valence-electron chi connectivity index (χ2n) is 12.4. The van der Waals surface area contributed by atoms with Gasteiger partial charge in [0, 0.05) is 18.7 Å². The fourth-order valence-corrected chi connectivity index (χ4v) is 4.63. The van der Waals surface area contributed by atoms with Crippen molar-refractivity contribution >= 4 is 65.9 Å². The number of amides is 7. The number of thiol groups is 1. The second kappa shape index (κ2) is 22.9. The third-order valence-corrected chi connectivity index (χ3v) is 7.40. The number of nitrogens with two attached hydrogens (primary N) is 5. The molecule has 6 atom stereocenters. The summed E-state index contributed by atoms with van der Waals surface area (Å²) in [5, 5.41) is 21.6. The number of carbonyl (C=O) groups excluding carboxylic acids is 7. The van der Waals surface area contributed by atoms with Crippen molar-refractivity contribution in [1.29, 1.82) is 0 Å². The Labute approximate surface area is 296 Å². The first-order valence-corrected chi connectivity index (χ1v) is 16.6. The predicted molar refractivity (Wildman–Crippen MR) is 186 cm³/mol. The van der Waals surface area contributed by atoms with Crippen molar-refractivity contribution in [2.75, 3.05) is 12.3 Å². The number of aliphatic carboxylic acids is 1. The summed E-state index contributed by atoms with van der Waals surface area (Å²) in [6, 6.07) is -7.91. The lowest BCUT2D eigenvalue weighted by Gasteiger charge is -2.28. The van der Waals surface area contributed by atoms with E-state index < -0.39 is 95.9 Å². The lowest BCUT2D eigenvalue weighted by molar-refractivity contribution is -0.143. The minimum absolute atomic E-state index is 0.0120. The molecule has 0 saturated carbocycles. The van der Waals surface area contributed by atoms with E-state index in [4.69, 9.17) is 28.7 Å². The minimum atomic E-state index is -1.56. The summed E-state index contributed by atoms with van der Waals surface area (Å²) in [7, 11) is 0. The zero-order chi connectivity index (χ0) is 38.7. The van der Waals surface area contributed by atoms with Crippen LogP contribution in [0.5, 0.6) is 0 Å². The SMILES string of the molecule is CC(C)C[C@H](NC(=O)[C@H](CC(N)=O)NC(=O)[C@@H](NC(=O)[C@H](CS)NC(=O)[C@H](CCCN=C(N)N)NC(=O)[C@@H](N)CCC(N)=O)C(C)C)C(=O)O. The van der Waals surface area contributed by atoms with Gasteiger partial charge in [-0.25, -0.2) is 4.79 Å². The zero-order valence-electron chi connectivity index (χ0n) is 28.8. The van der Waals surface area contributed by atoms with Gasteiger partial charge in [0.1, 0.15) is 30.2 Å². The Hall–Kier alpha value is -4.66. The van der Waals surface area contributed by atoms with Crippen LogP contribution < -0.4 is 55.3 Å². The van der Waals surface area contributed by atoms with E-state index in [9.17, 15) is 43.5 Å². The third kappa shape index (κ3) is 18.2. The van der Waals surface area contributed by atoms with Gasteiger partial charge >= 0.3 is 5.97 Å². The molecule has 0 spiro atoms. The van der Waals surface area contributed by atoms with Crippen LogP contribution >= 0.6 is 12.6 Å². The van der Waals surface area contributed by atoms with Crippen molar-refractivity contribution in [2.24, 2.45) is 45.5 Å². The highest BCUT2D eigenvalue weighted by Crippen LogP contribution is 2.09. The zero-order valence-corrected chi connectivity index (χ0v) is 29.7. The smallest absolute Gasteiger partial charge is 0.326 e. The van der Waals surface area contributed by atoms with Crippen LogP contribution in [0.15, 0.2) is 4.99 Å². The first-order valence-electron chi connectivity index (χ1n) is 15.9. The fourth-order valence-electron chi connectivity index (χ4n) is 4.37. The fraction of sp³-hybridized carbons (Fsp3) is 0.690. The van der Waals surface area contributed by atoms with E-state index in [-0.39, 0.29) is 56.3 Å². The van der Waals surface area contributed by atoms with Gasteiger partial charge in [0.25, 0.3) is 0 Å². The van der Waals surface area contributed by atoms with Gasteiger partial charge < -0.3 is 60.4 Å². The standard InChI is InChI=1S/C29H53N11O9S/c1-13(2)10-18(28(48)49)38-25(45)17(11-21(32)42)37-27(47)22(14(3)4)40-26(46)19(12-50)39-24(44)16(6-5-9-35-29(33)34)36-23(43)15(30)7-8-20(31)41/h13-19,22,50H,5-12,30H2,1-4H3,(H2,31,41)(H2,32,42)(H,36,43)(H,37,47)(H,38,45)(H,39,44)(H,40,46)(H,48,49)(H4,33,34,35)/t15-,16-,17-,18-,19-,22-/m0/s1. The lowest BCUT2D eigenvalue weighted by Crippen LogP contribution is -2.61. The van der Waals surface area contributed by atoms with Gasteiger partial charge in [0.05, 0.1) is 12.5 Å². The predicted octanol–water partition coefficient (Wildman–Crippen LogP) is -4.35. The molecule has 0 aromatic rings. The molecule has 0 aliphatic heterocycles. The number of carboxylic acid groups (broad SMARTS) is 1. The third-order valence-electron chi connectivity index (χ3n) is 7.04. The largest absolute Gasteiger partial charge is 0.480 e. The first kappa shape index (κ1) is 45.3. The molecule has 284 valence electrons. The molecule has 0 aromatic heterocycles. The number of nitrogens with zero attached hydrogens (tertiary/aromatic N) is 1. The van der Waals surface area contributed by atoms with Gasteiger partial charge in [-0.05, 0) is 37.5 Å². The van der Waals surface area contributed by atoms with E-state index in [1.54, 1.807) is 27.7 Å². The summed E-state index contributed by atoms with van der Waals surface area (Å²) < 4.78 is 0. The molecule has 0 radical (unpaired) electrons. The summed E-state index contributed by atoms with van der Waals surface area (Å²) in [6.45, 7) is 6.76. The van der Waals surface area contributed by atoms with E-state index in [1.807, 2.05) is 0 Å². The number of primary amides is 2. The number of rotatable bonds is 24. The summed E-state index contributed by atoms with van der Waals surface area (Å²) in [4.78, 5) is 104. The van der Waals surface area contributed by atoms with Crippen LogP contribution in [0.25, 0.3) is 0 Å². The van der Waals surface area contributed by atoms with Gasteiger partial charge in [0.15, 0.2) is 5.96 Å². The molecule has 0 saturated heterocycles. The maximum atomic E-state index is 13.3. The van der Waals surface area contributed by atoms with Crippen LogP contribution in [0, 0.1) is 11.8 Å². The molecule has 0 bridgehead atoms. The average molecular weight is 732 g/mol. The molecule has 0 rings (SSSR count). The Morgan fingerprint density at radius 1 is 0.680 bits per heavy atom. The number of nitrogens with one attached hydrogen (secondary N) is 5. The Bertz CT molecular complexity index is 1250. The van der Waals surface area contributed by atoms with Crippen molar-refractivity contribution in [2.45, 2.75) is 102 Å². The Balaban J connectivity index is 5.91. The summed E-state index contributed by atoms with van der Waals surface area (Å²) in [6.07, 6.45) is -0.602. The molecule has 0 fully saturated rings. The Morgan fingerprint density at radius 3 is 1.68 bits per heavy atom. The van der Waals surface area contributed by atoms with E-state index in [0.29, 0.717) is 0 Å². The van der Waals surface area contributed by atoms with Crippen molar-refractivity contribution in [3.63, 3.8) is 0 Å². The van der Waals surface area contributed by atoms with Crippen molar-refractivity contribution in [1.82, 2.24) is 26.6 Å². The molecular formula is C29H53N11O9S. The monoisotopic (exact) mass is 731 g/mol. The minimum Gasteiger partial charge on any atom is -0.480 e. The highest BCUT2D eigenvalue weighted by molar-refractivity contribution is 7.80. The number of carbonyl (C=O) groups is 8. The van der Waals surface area contributed by atoms with Crippen molar-refractivity contribution in [3.8, 4) is 0 Å². The molecule has 20 nitrogen and oxygen atoms in total. The quantitative estimate of drug-likeness (QED) is 0.0194. The number of guanidine groups is 1. The molecule has 50 heavy (non-hydrogen) atoms. The van der Waals surface area contributed by atoms with E-state index >= 15 is 0 Å². The second-order valence-corrected chi connectivity index (χ2v) is 12.7. The van der Waals surface area contributed by atoms with Crippen LogP contribution in [0.4, 0.5) is 0 Å². The highest BCUT2D eigenvalue weighted by Gasteiger charge is 2.34. The Morgan fingerprint density at radius 2 is 1.20 bits per heavy atom. The van der Waals surface area contributed by atoms with Crippen LogP contribution in [0.2, 0.25) is 0 Å². The molecule has 21 heteroatoms. The molecule has 0 unspecified atom stereocenters. The summed E-state index contributed by atoms with van der Waals surface area (Å²) in [5.41, 5.74) is 26.9. The van der Waals surface area contributed by atoms with Gasteiger partial charge in [0.2, 0.25) is 41.4 Å². The van der Waals surface area contributed by atoms with E-state index in [0.717, 1.165) is 0 Å². The van der Waals surface area contributed by atoms with Crippen LogP contribution in [0.3, 0.4) is 0 Å². The Kier molecular flexibility index (Phi) is 20.7. The van der Waals surface area contributed by atoms with Gasteiger partial charge in [-0.2, -0.15) is 12.6 Å². The number of hydrogen-bond acceptors (Lipinski definition) is 11. The van der Waals surface area contributed by atoms with Crippen LogP contribution in [-0.2, 0) is 38.4 Å². The molecule has 0 aliphatic carbocycles.